The molecule has 0 aliphatic heterocycles. The van der Waals surface area contributed by atoms with Crippen LogP contribution in [0.1, 0.15) is 22.6 Å². The third-order valence-corrected chi connectivity index (χ3v) is 4.52. The van der Waals surface area contributed by atoms with Crippen molar-refractivity contribution in [2.75, 3.05) is 6.54 Å². The summed E-state index contributed by atoms with van der Waals surface area (Å²) in [5.41, 5.74) is 2.39. The summed E-state index contributed by atoms with van der Waals surface area (Å²) in [7, 11) is 0. The first-order valence-corrected chi connectivity index (χ1v) is 9.09. The van der Waals surface area contributed by atoms with Crippen LogP contribution < -0.4 is 5.32 Å². The normalized spacial score (nSPS) is 10.7. The molecule has 0 aliphatic rings. The van der Waals surface area contributed by atoms with Crippen molar-refractivity contribution in [2.45, 2.75) is 19.4 Å². The Hall–Kier alpha value is -2.92. The van der Waals surface area contributed by atoms with Gasteiger partial charge in [0, 0.05) is 23.6 Å². The average Bonchev–Trinajstić information content (AvgIpc) is 3.03. The number of para-hydroxylation sites is 2. The highest BCUT2D eigenvalue weighted by Crippen LogP contribution is 2.19. The lowest BCUT2D eigenvalue weighted by molar-refractivity contribution is -0.116. The highest BCUT2D eigenvalue weighted by atomic mass is 35.5. The Morgan fingerprint density at radius 1 is 1.15 bits per heavy atom. The number of nitrogens with one attached hydrogen (secondary N) is 1. The third kappa shape index (κ3) is 4.63. The number of fused-ring (bicyclic) bond motifs is 1. The number of carbonyl (C=O) groups excluding carboxylic acids is 2. The second-order valence-corrected chi connectivity index (χ2v) is 6.57. The molecule has 3 rings (SSSR count). The van der Waals surface area contributed by atoms with Gasteiger partial charge >= 0.3 is 0 Å². The summed E-state index contributed by atoms with van der Waals surface area (Å²) in [4.78, 5) is 28.6. The molecule has 0 bridgehead atoms. The van der Waals surface area contributed by atoms with Gasteiger partial charge < -0.3 is 9.88 Å². The van der Waals surface area contributed by atoms with Gasteiger partial charge in [0.15, 0.2) is 5.78 Å². The van der Waals surface area contributed by atoms with Gasteiger partial charge in [-0.1, -0.05) is 30.3 Å². The third-order valence-electron chi connectivity index (χ3n) is 4.26. The van der Waals surface area contributed by atoms with E-state index in [4.69, 9.17) is 11.6 Å². The molecule has 0 spiro atoms. The zero-order valence-corrected chi connectivity index (χ0v) is 15.6. The lowest BCUT2D eigenvalue weighted by Gasteiger charge is -2.09. The quantitative estimate of drug-likeness (QED) is 0.366. The SMILES string of the molecule is C=CC(=O)NCCCc1nc2ccccc2n1CC(=O)c1ccc(Cl)cc1. The van der Waals surface area contributed by atoms with Crippen molar-refractivity contribution >= 4 is 34.3 Å². The van der Waals surface area contributed by atoms with Gasteiger partial charge in [-0.2, -0.15) is 0 Å². The van der Waals surface area contributed by atoms with Gasteiger partial charge in [0.05, 0.1) is 17.6 Å². The molecule has 0 unspecified atom stereocenters. The van der Waals surface area contributed by atoms with Gasteiger partial charge in [-0.3, -0.25) is 9.59 Å². The van der Waals surface area contributed by atoms with Crippen molar-refractivity contribution in [1.29, 1.82) is 0 Å². The molecule has 2 aromatic carbocycles. The van der Waals surface area contributed by atoms with Gasteiger partial charge in [0.2, 0.25) is 5.91 Å². The predicted octanol–water partition coefficient (Wildman–Crippen LogP) is 3.81. The summed E-state index contributed by atoms with van der Waals surface area (Å²) >= 11 is 5.90. The maximum Gasteiger partial charge on any atom is 0.243 e. The first-order chi connectivity index (χ1) is 13.1. The van der Waals surface area contributed by atoms with Crippen molar-refractivity contribution in [1.82, 2.24) is 14.9 Å². The van der Waals surface area contributed by atoms with Crippen LogP contribution in [0.4, 0.5) is 0 Å². The van der Waals surface area contributed by atoms with Crippen LogP contribution in [0.15, 0.2) is 61.2 Å². The standard InChI is InChI=1S/C21H20ClN3O2/c1-2-21(27)23-13-5-8-20-24-17-6-3-4-7-18(17)25(20)14-19(26)15-9-11-16(22)12-10-15/h2-4,6-7,9-12H,1,5,8,13-14H2,(H,23,27). The molecule has 0 saturated heterocycles. The van der Waals surface area contributed by atoms with E-state index in [9.17, 15) is 9.59 Å². The minimum atomic E-state index is -0.193. The number of carbonyl (C=O) groups is 2. The lowest BCUT2D eigenvalue weighted by atomic mass is 10.1. The zero-order valence-electron chi connectivity index (χ0n) is 14.8. The second kappa shape index (κ2) is 8.64. The number of rotatable bonds is 8. The minimum Gasteiger partial charge on any atom is -0.353 e. The summed E-state index contributed by atoms with van der Waals surface area (Å²) in [6, 6.07) is 14.6. The van der Waals surface area contributed by atoms with E-state index < -0.39 is 0 Å². The fraction of sp³-hybridized carbons (Fsp3) is 0.190. The Bertz CT molecular complexity index is 977. The Balaban J connectivity index is 1.79. The molecule has 0 fully saturated rings. The van der Waals surface area contributed by atoms with E-state index in [1.807, 2.05) is 28.8 Å². The van der Waals surface area contributed by atoms with Crippen LogP contribution in [-0.4, -0.2) is 27.8 Å². The number of Topliss-reactive ketones (excluding diaryl/α,β-unsaturated/α-hetero) is 1. The molecule has 1 N–H and O–H groups in total. The van der Waals surface area contributed by atoms with Crippen molar-refractivity contribution < 1.29 is 9.59 Å². The van der Waals surface area contributed by atoms with E-state index in [1.54, 1.807) is 24.3 Å². The number of imidazole rings is 1. The van der Waals surface area contributed by atoms with Crippen LogP contribution >= 0.6 is 11.6 Å². The molecule has 0 saturated carbocycles. The molecular weight excluding hydrogens is 362 g/mol. The molecule has 0 radical (unpaired) electrons. The number of ketones is 1. The molecule has 1 aromatic heterocycles. The highest BCUT2D eigenvalue weighted by molar-refractivity contribution is 6.30. The highest BCUT2D eigenvalue weighted by Gasteiger charge is 2.14. The molecule has 1 amide bonds. The van der Waals surface area contributed by atoms with Crippen molar-refractivity contribution in [3.63, 3.8) is 0 Å². The van der Waals surface area contributed by atoms with Crippen LogP contribution in [0, 0.1) is 0 Å². The van der Waals surface area contributed by atoms with Gasteiger partial charge in [-0.15, -0.1) is 0 Å². The van der Waals surface area contributed by atoms with Gasteiger partial charge in [0.25, 0.3) is 0 Å². The van der Waals surface area contributed by atoms with Crippen LogP contribution in [-0.2, 0) is 17.8 Å². The molecule has 6 heteroatoms. The van der Waals surface area contributed by atoms with Crippen molar-refractivity contribution in [2.24, 2.45) is 0 Å². The lowest BCUT2D eigenvalue weighted by Crippen LogP contribution is -2.22. The van der Waals surface area contributed by atoms with Gasteiger partial charge in [0.1, 0.15) is 5.82 Å². The van der Waals surface area contributed by atoms with E-state index in [2.05, 4.69) is 16.9 Å². The maximum absolute atomic E-state index is 12.7. The molecule has 0 atom stereocenters. The average molecular weight is 382 g/mol. The van der Waals surface area contributed by atoms with Crippen molar-refractivity contribution in [3.05, 3.63) is 77.6 Å². The Kier molecular flexibility index (Phi) is 6.04. The summed E-state index contributed by atoms with van der Waals surface area (Å²) in [5, 5.41) is 3.35. The summed E-state index contributed by atoms with van der Waals surface area (Å²) < 4.78 is 1.95. The maximum atomic E-state index is 12.7. The number of aryl methyl sites for hydroxylation is 1. The van der Waals surface area contributed by atoms with E-state index in [0.717, 1.165) is 23.3 Å². The molecule has 0 aliphatic carbocycles. The van der Waals surface area contributed by atoms with Crippen molar-refractivity contribution in [3.8, 4) is 0 Å². The number of aromatic nitrogens is 2. The fourth-order valence-electron chi connectivity index (χ4n) is 2.89. The fourth-order valence-corrected chi connectivity index (χ4v) is 3.02. The number of benzene rings is 2. The first kappa shape index (κ1) is 18.9. The number of nitrogens with zero attached hydrogens (tertiary/aromatic N) is 2. The molecule has 138 valence electrons. The summed E-state index contributed by atoms with van der Waals surface area (Å²) in [6.45, 7) is 4.16. The van der Waals surface area contributed by atoms with E-state index in [0.29, 0.717) is 23.6 Å². The molecule has 3 aromatic rings. The predicted molar refractivity (Wildman–Crippen MR) is 107 cm³/mol. The van der Waals surface area contributed by atoms with Crippen LogP contribution in [0.25, 0.3) is 11.0 Å². The topological polar surface area (TPSA) is 64.0 Å². The zero-order chi connectivity index (χ0) is 19.2. The summed E-state index contributed by atoms with van der Waals surface area (Å²) in [6.07, 6.45) is 2.62. The summed E-state index contributed by atoms with van der Waals surface area (Å²) in [5.74, 6) is 0.629. The Morgan fingerprint density at radius 3 is 2.63 bits per heavy atom. The number of hydrogen-bond acceptors (Lipinski definition) is 3. The number of amides is 1. The van der Waals surface area contributed by atoms with E-state index in [-0.39, 0.29) is 18.2 Å². The molecule has 27 heavy (non-hydrogen) atoms. The Labute approximate surface area is 162 Å². The van der Waals surface area contributed by atoms with Gasteiger partial charge in [-0.05, 0) is 48.9 Å². The van der Waals surface area contributed by atoms with Crippen LogP contribution in [0.5, 0.6) is 0 Å². The minimum absolute atomic E-state index is 0.00368. The smallest absolute Gasteiger partial charge is 0.243 e. The van der Waals surface area contributed by atoms with Crippen LogP contribution in [0.2, 0.25) is 5.02 Å². The Morgan fingerprint density at radius 2 is 1.89 bits per heavy atom. The molecular formula is C21H20ClN3O2. The number of hydrogen-bond donors (Lipinski definition) is 1. The van der Waals surface area contributed by atoms with E-state index in [1.165, 1.54) is 6.08 Å². The molecule has 1 heterocycles. The van der Waals surface area contributed by atoms with Gasteiger partial charge in [-0.25, -0.2) is 4.98 Å². The number of halogens is 1. The first-order valence-electron chi connectivity index (χ1n) is 8.71. The second-order valence-electron chi connectivity index (χ2n) is 6.13. The molecule has 5 nitrogen and oxygen atoms in total. The van der Waals surface area contributed by atoms with Crippen LogP contribution in [0.3, 0.4) is 0 Å². The largest absolute Gasteiger partial charge is 0.353 e. The monoisotopic (exact) mass is 381 g/mol. The van der Waals surface area contributed by atoms with E-state index >= 15 is 0 Å².